The van der Waals surface area contributed by atoms with E-state index in [9.17, 15) is 13.6 Å². The molecule has 1 unspecified atom stereocenters. The fraction of sp³-hybridized carbons (Fsp3) is 0.667. The van der Waals surface area contributed by atoms with Gasteiger partial charge in [0.15, 0.2) is 0 Å². The van der Waals surface area contributed by atoms with Gasteiger partial charge < -0.3 is 10.1 Å². The number of methoxy groups -OCH3 is 1. The second kappa shape index (κ2) is 4.04. The third-order valence-corrected chi connectivity index (χ3v) is 2.56. The normalized spacial score (nSPS) is 27.3. The van der Waals surface area contributed by atoms with Crippen LogP contribution in [0.4, 0.5) is 8.78 Å². The van der Waals surface area contributed by atoms with Crippen LogP contribution in [0.15, 0.2) is 11.7 Å². The maximum Gasteiger partial charge on any atom is 0.317 e. The highest BCUT2D eigenvalue weighted by Gasteiger charge is 2.42. The third kappa shape index (κ3) is 1.77. The summed E-state index contributed by atoms with van der Waals surface area (Å²) < 4.78 is 29.6. The molecular formula is C9H13F2NO2. The summed E-state index contributed by atoms with van der Waals surface area (Å²) in [5, 5.41) is 2.91. The summed E-state index contributed by atoms with van der Waals surface area (Å²) >= 11 is 0. The number of esters is 1. The van der Waals surface area contributed by atoms with E-state index in [4.69, 9.17) is 0 Å². The molecular weight excluding hydrogens is 192 g/mol. The molecule has 3 nitrogen and oxygen atoms in total. The molecule has 1 fully saturated rings. The lowest BCUT2D eigenvalue weighted by Crippen LogP contribution is -2.46. The molecule has 1 atom stereocenters. The summed E-state index contributed by atoms with van der Waals surface area (Å²) in [4.78, 5) is 11.4. The third-order valence-electron chi connectivity index (χ3n) is 2.56. The van der Waals surface area contributed by atoms with Gasteiger partial charge in [0.2, 0.25) is 0 Å². The maximum absolute atomic E-state index is 12.6. The predicted molar refractivity (Wildman–Crippen MR) is 46.9 cm³/mol. The zero-order valence-electron chi connectivity index (χ0n) is 8.19. The largest absolute Gasteiger partial charge is 0.468 e. The molecule has 1 heterocycles. The van der Waals surface area contributed by atoms with E-state index in [2.05, 4.69) is 10.1 Å². The lowest BCUT2D eigenvalue weighted by Gasteiger charge is -2.33. The van der Waals surface area contributed by atoms with Crippen molar-refractivity contribution in [3.05, 3.63) is 11.7 Å². The molecule has 1 rings (SSSR count). The summed E-state index contributed by atoms with van der Waals surface area (Å²) in [6.45, 7) is 2.14. The van der Waals surface area contributed by atoms with Crippen LogP contribution in [0.5, 0.6) is 0 Å². The number of hydrogen-bond acceptors (Lipinski definition) is 3. The van der Waals surface area contributed by atoms with E-state index in [1.54, 1.807) is 0 Å². The van der Waals surface area contributed by atoms with Crippen molar-refractivity contribution in [2.24, 2.45) is 5.41 Å². The van der Waals surface area contributed by atoms with E-state index in [0.717, 1.165) is 0 Å². The quantitative estimate of drug-likeness (QED) is 0.656. The Morgan fingerprint density at radius 3 is 2.71 bits per heavy atom. The minimum atomic E-state index is -1.76. The number of carbonyl (C=O) groups excluding carboxylic acids is 1. The van der Waals surface area contributed by atoms with Crippen LogP contribution in [0.1, 0.15) is 13.3 Å². The summed E-state index contributed by atoms with van der Waals surface area (Å²) in [6, 6.07) is 0. The molecule has 14 heavy (non-hydrogen) atoms. The number of ether oxygens (including phenoxy) is 1. The fourth-order valence-corrected chi connectivity index (χ4v) is 1.66. The second-order valence-corrected chi connectivity index (χ2v) is 3.49. The average Bonchev–Trinajstić information content (AvgIpc) is 2.16. The summed E-state index contributed by atoms with van der Waals surface area (Å²) in [7, 11) is 1.20. The van der Waals surface area contributed by atoms with Gasteiger partial charge in [-0.15, -0.1) is 0 Å². The van der Waals surface area contributed by atoms with E-state index in [0.29, 0.717) is 6.54 Å². The molecule has 1 aliphatic rings. The molecule has 0 aromatic rings. The highest BCUT2D eigenvalue weighted by atomic mass is 19.3. The van der Waals surface area contributed by atoms with Gasteiger partial charge in [0.1, 0.15) is 5.41 Å². The van der Waals surface area contributed by atoms with Crippen LogP contribution >= 0.6 is 0 Å². The van der Waals surface area contributed by atoms with Gasteiger partial charge >= 0.3 is 5.97 Å². The molecule has 0 aromatic carbocycles. The van der Waals surface area contributed by atoms with Crippen LogP contribution in [-0.2, 0) is 9.53 Å². The van der Waals surface area contributed by atoms with Crippen molar-refractivity contribution in [1.82, 2.24) is 5.32 Å². The number of rotatable bonds is 1. The van der Waals surface area contributed by atoms with Crippen molar-refractivity contribution in [3.8, 4) is 0 Å². The van der Waals surface area contributed by atoms with Gasteiger partial charge in [-0.25, -0.2) is 0 Å². The standard InChI is InChI=1S/C9H13F2NO2/c1-9(8(13)14-2)5-12-4-3-6(9)7(10)11/h12H,3-5H2,1-2H3. The number of nitrogens with one attached hydrogen (secondary N) is 1. The maximum atomic E-state index is 12.6. The minimum Gasteiger partial charge on any atom is -0.468 e. The molecule has 0 aliphatic carbocycles. The zero-order chi connectivity index (χ0) is 10.8. The Balaban J connectivity index is 3.03. The van der Waals surface area contributed by atoms with Crippen LogP contribution in [0.25, 0.3) is 0 Å². The molecule has 0 aromatic heterocycles. The average molecular weight is 205 g/mol. The van der Waals surface area contributed by atoms with Crippen molar-refractivity contribution < 1.29 is 18.3 Å². The minimum absolute atomic E-state index is 0.108. The van der Waals surface area contributed by atoms with Gasteiger partial charge in [0.25, 0.3) is 6.08 Å². The Morgan fingerprint density at radius 2 is 2.21 bits per heavy atom. The molecule has 5 heteroatoms. The van der Waals surface area contributed by atoms with Crippen molar-refractivity contribution in [2.45, 2.75) is 13.3 Å². The number of piperidine rings is 1. The Labute approximate surface area is 81.1 Å². The second-order valence-electron chi connectivity index (χ2n) is 3.49. The lowest BCUT2D eigenvalue weighted by molar-refractivity contribution is -0.150. The SMILES string of the molecule is COC(=O)C1(C)CNCCC1=C(F)F. The van der Waals surface area contributed by atoms with E-state index >= 15 is 0 Å². The zero-order valence-corrected chi connectivity index (χ0v) is 8.19. The summed E-state index contributed by atoms with van der Waals surface area (Å²) in [5.74, 6) is -0.618. The Hall–Kier alpha value is -0.970. The molecule has 0 amide bonds. The highest BCUT2D eigenvalue weighted by molar-refractivity contribution is 5.80. The highest BCUT2D eigenvalue weighted by Crippen LogP contribution is 2.35. The van der Waals surface area contributed by atoms with Crippen LogP contribution in [-0.4, -0.2) is 26.2 Å². The molecule has 80 valence electrons. The van der Waals surface area contributed by atoms with Crippen molar-refractivity contribution in [3.63, 3.8) is 0 Å². The Morgan fingerprint density at radius 1 is 1.57 bits per heavy atom. The van der Waals surface area contributed by atoms with E-state index in [1.165, 1.54) is 14.0 Å². The van der Waals surface area contributed by atoms with Crippen molar-refractivity contribution in [2.75, 3.05) is 20.2 Å². The van der Waals surface area contributed by atoms with Gasteiger partial charge in [-0.1, -0.05) is 0 Å². The van der Waals surface area contributed by atoms with Crippen molar-refractivity contribution >= 4 is 5.97 Å². The van der Waals surface area contributed by atoms with Crippen molar-refractivity contribution in [1.29, 1.82) is 0 Å². The molecule has 1 N–H and O–H groups in total. The molecule has 0 saturated carbocycles. The van der Waals surface area contributed by atoms with Crippen LogP contribution in [0.3, 0.4) is 0 Å². The molecule has 1 saturated heterocycles. The van der Waals surface area contributed by atoms with Gasteiger partial charge in [0.05, 0.1) is 7.11 Å². The predicted octanol–water partition coefficient (Wildman–Crippen LogP) is 1.31. The first-order chi connectivity index (χ1) is 6.52. The van der Waals surface area contributed by atoms with E-state index in [1.807, 2.05) is 0 Å². The number of halogens is 2. The fourth-order valence-electron chi connectivity index (χ4n) is 1.66. The monoisotopic (exact) mass is 205 g/mol. The number of hydrogen-bond donors (Lipinski definition) is 1. The Kier molecular flexibility index (Phi) is 3.21. The summed E-state index contributed by atoms with van der Waals surface area (Å²) in [6.07, 6.45) is -1.58. The smallest absolute Gasteiger partial charge is 0.317 e. The van der Waals surface area contributed by atoms with E-state index in [-0.39, 0.29) is 18.5 Å². The van der Waals surface area contributed by atoms with Gasteiger partial charge in [-0.2, -0.15) is 8.78 Å². The van der Waals surface area contributed by atoms with E-state index < -0.39 is 17.5 Å². The van der Waals surface area contributed by atoms with Crippen LogP contribution in [0, 0.1) is 5.41 Å². The first kappa shape index (κ1) is 11.1. The summed E-state index contributed by atoms with van der Waals surface area (Å²) in [5.41, 5.74) is -1.32. The molecule has 0 radical (unpaired) electrons. The van der Waals surface area contributed by atoms with Gasteiger partial charge in [-0.3, -0.25) is 4.79 Å². The first-order valence-electron chi connectivity index (χ1n) is 4.36. The molecule has 1 aliphatic heterocycles. The molecule has 0 bridgehead atoms. The van der Waals surface area contributed by atoms with Gasteiger partial charge in [0, 0.05) is 12.1 Å². The molecule has 0 spiro atoms. The Bertz CT molecular complexity index is 274. The topological polar surface area (TPSA) is 38.3 Å². The van der Waals surface area contributed by atoms with Gasteiger partial charge in [-0.05, 0) is 19.9 Å². The van der Waals surface area contributed by atoms with Crippen LogP contribution in [0.2, 0.25) is 0 Å². The lowest BCUT2D eigenvalue weighted by atomic mass is 9.78. The first-order valence-corrected chi connectivity index (χ1v) is 4.36. The number of carbonyl (C=O) groups is 1. The van der Waals surface area contributed by atoms with Crippen LogP contribution < -0.4 is 5.32 Å².